The SMILES string of the molecule is O=S1(=O)CCC(NCc2ccc3cnccc3c2)C1. The lowest BCUT2D eigenvalue weighted by Gasteiger charge is -2.11. The summed E-state index contributed by atoms with van der Waals surface area (Å²) in [5.41, 5.74) is 1.17. The second kappa shape index (κ2) is 4.90. The molecule has 1 fully saturated rings. The molecule has 1 N–H and O–H groups in total. The normalized spacial score (nSPS) is 21.8. The van der Waals surface area contributed by atoms with Crippen molar-refractivity contribution in [1.29, 1.82) is 0 Å². The predicted octanol–water partition coefficient (Wildman–Crippen LogP) is 1.51. The van der Waals surface area contributed by atoms with Gasteiger partial charge in [-0.3, -0.25) is 4.98 Å². The highest BCUT2D eigenvalue weighted by Crippen LogP contribution is 2.16. The standard InChI is InChI=1S/C14H16N2O2S/c17-19(18)6-4-14(10-19)16-8-11-1-2-13-9-15-5-3-12(13)7-11/h1-3,5,7,9,14,16H,4,6,8,10H2. The quantitative estimate of drug-likeness (QED) is 0.923. The fourth-order valence-corrected chi connectivity index (χ4v) is 4.17. The molecule has 1 aliphatic rings. The Morgan fingerprint density at radius 3 is 2.95 bits per heavy atom. The molecule has 2 heterocycles. The summed E-state index contributed by atoms with van der Waals surface area (Å²) in [4.78, 5) is 4.09. The molecule has 0 saturated carbocycles. The maximum atomic E-state index is 11.4. The molecule has 0 amide bonds. The molecular formula is C14H16N2O2S. The summed E-state index contributed by atoms with van der Waals surface area (Å²) >= 11 is 0. The molecule has 5 heteroatoms. The van der Waals surface area contributed by atoms with Crippen LogP contribution in [0.2, 0.25) is 0 Å². The van der Waals surface area contributed by atoms with Crippen molar-refractivity contribution in [2.24, 2.45) is 0 Å². The summed E-state index contributed by atoms with van der Waals surface area (Å²) < 4.78 is 22.8. The highest BCUT2D eigenvalue weighted by atomic mass is 32.2. The number of benzene rings is 1. The van der Waals surface area contributed by atoms with Crippen LogP contribution in [-0.2, 0) is 16.4 Å². The van der Waals surface area contributed by atoms with Crippen molar-refractivity contribution in [3.05, 3.63) is 42.2 Å². The first-order valence-electron chi connectivity index (χ1n) is 6.39. The minimum absolute atomic E-state index is 0.0955. The summed E-state index contributed by atoms with van der Waals surface area (Å²) in [5, 5.41) is 5.60. The Kier molecular flexibility index (Phi) is 3.24. The van der Waals surface area contributed by atoms with Gasteiger partial charge in [0.25, 0.3) is 0 Å². The summed E-state index contributed by atoms with van der Waals surface area (Å²) in [5.74, 6) is 0.582. The van der Waals surface area contributed by atoms with Gasteiger partial charge in [-0.2, -0.15) is 0 Å². The number of pyridine rings is 1. The number of hydrogen-bond donors (Lipinski definition) is 1. The van der Waals surface area contributed by atoms with Crippen molar-refractivity contribution in [2.75, 3.05) is 11.5 Å². The van der Waals surface area contributed by atoms with E-state index in [1.54, 1.807) is 6.20 Å². The summed E-state index contributed by atoms with van der Waals surface area (Å²) in [6.45, 7) is 0.707. The minimum atomic E-state index is -2.81. The lowest BCUT2D eigenvalue weighted by molar-refractivity contribution is 0.554. The van der Waals surface area contributed by atoms with Crippen molar-refractivity contribution in [1.82, 2.24) is 10.3 Å². The van der Waals surface area contributed by atoms with Gasteiger partial charge >= 0.3 is 0 Å². The average molecular weight is 276 g/mol. The van der Waals surface area contributed by atoms with Crippen molar-refractivity contribution in [3.8, 4) is 0 Å². The number of hydrogen-bond acceptors (Lipinski definition) is 4. The molecule has 1 aromatic carbocycles. The fourth-order valence-electron chi connectivity index (χ4n) is 2.46. The van der Waals surface area contributed by atoms with Gasteiger partial charge in [-0.25, -0.2) is 8.42 Å². The van der Waals surface area contributed by atoms with Crippen LogP contribution in [0.5, 0.6) is 0 Å². The van der Waals surface area contributed by atoms with Gasteiger partial charge in [0.05, 0.1) is 11.5 Å². The zero-order valence-corrected chi connectivity index (χ0v) is 11.4. The van der Waals surface area contributed by atoms with Gasteiger partial charge in [-0.15, -0.1) is 0 Å². The molecule has 1 aromatic heterocycles. The highest BCUT2D eigenvalue weighted by Gasteiger charge is 2.27. The Labute approximate surface area is 112 Å². The van der Waals surface area contributed by atoms with Crippen molar-refractivity contribution in [3.63, 3.8) is 0 Å². The molecule has 3 rings (SSSR count). The molecule has 0 bridgehead atoms. The fraction of sp³-hybridized carbons (Fsp3) is 0.357. The predicted molar refractivity (Wildman–Crippen MR) is 75.6 cm³/mol. The van der Waals surface area contributed by atoms with Crippen LogP contribution in [-0.4, -0.2) is 30.9 Å². The first-order chi connectivity index (χ1) is 9.12. The monoisotopic (exact) mass is 276 g/mol. The number of sulfone groups is 1. The van der Waals surface area contributed by atoms with Crippen LogP contribution < -0.4 is 5.32 Å². The number of rotatable bonds is 3. The van der Waals surface area contributed by atoms with E-state index < -0.39 is 9.84 Å². The van der Waals surface area contributed by atoms with Gasteiger partial charge in [0.2, 0.25) is 0 Å². The van der Waals surface area contributed by atoms with Crippen LogP contribution in [0.15, 0.2) is 36.7 Å². The van der Waals surface area contributed by atoms with E-state index in [2.05, 4.69) is 22.4 Å². The first kappa shape index (κ1) is 12.6. The number of fused-ring (bicyclic) bond motifs is 1. The molecular weight excluding hydrogens is 260 g/mol. The van der Waals surface area contributed by atoms with E-state index in [0.717, 1.165) is 17.2 Å². The molecule has 4 nitrogen and oxygen atoms in total. The van der Waals surface area contributed by atoms with Gasteiger partial charge in [0.1, 0.15) is 0 Å². The third-order valence-corrected chi connectivity index (χ3v) is 5.30. The molecule has 1 unspecified atom stereocenters. The van der Waals surface area contributed by atoms with Crippen molar-refractivity contribution >= 4 is 20.6 Å². The van der Waals surface area contributed by atoms with E-state index in [0.29, 0.717) is 12.3 Å². The van der Waals surface area contributed by atoms with Crippen molar-refractivity contribution < 1.29 is 8.42 Å². The van der Waals surface area contributed by atoms with Gasteiger partial charge in [-0.05, 0) is 29.5 Å². The lowest BCUT2D eigenvalue weighted by Crippen LogP contribution is -2.29. The molecule has 1 atom stereocenters. The molecule has 100 valence electrons. The van der Waals surface area contributed by atoms with Crippen LogP contribution >= 0.6 is 0 Å². The van der Waals surface area contributed by atoms with E-state index in [1.807, 2.05) is 18.3 Å². The second-order valence-electron chi connectivity index (χ2n) is 5.04. The zero-order chi connectivity index (χ0) is 13.3. The topological polar surface area (TPSA) is 59.1 Å². The largest absolute Gasteiger partial charge is 0.309 e. The molecule has 19 heavy (non-hydrogen) atoms. The molecule has 0 radical (unpaired) electrons. The lowest BCUT2D eigenvalue weighted by atomic mass is 10.1. The third-order valence-electron chi connectivity index (χ3n) is 3.53. The van der Waals surface area contributed by atoms with Crippen LogP contribution in [0.25, 0.3) is 10.8 Å². The zero-order valence-electron chi connectivity index (χ0n) is 10.5. The summed E-state index contributed by atoms with van der Waals surface area (Å²) in [6, 6.07) is 8.30. The van der Waals surface area contributed by atoms with Crippen LogP contribution in [0, 0.1) is 0 Å². The molecule has 1 saturated heterocycles. The summed E-state index contributed by atoms with van der Waals surface area (Å²) in [6.07, 6.45) is 4.35. The Bertz CT molecular complexity index is 697. The van der Waals surface area contributed by atoms with Gasteiger partial charge < -0.3 is 5.32 Å². The maximum absolute atomic E-state index is 11.4. The average Bonchev–Trinajstić information content (AvgIpc) is 2.76. The maximum Gasteiger partial charge on any atom is 0.151 e. The van der Waals surface area contributed by atoms with E-state index in [-0.39, 0.29) is 11.8 Å². The van der Waals surface area contributed by atoms with Crippen LogP contribution in [0.3, 0.4) is 0 Å². The van der Waals surface area contributed by atoms with Crippen LogP contribution in [0.4, 0.5) is 0 Å². The second-order valence-corrected chi connectivity index (χ2v) is 7.27. The number of nitrogens with one attached hydrogen (secondary N) is 1. The highest BCUT2D eigenvalue weighted by molar-refractivity contribution is 7.91. The minimum Gasteiger partial charge on any atom is -0.309 e. The van der Waals surface area contributed by atoms with E-state index in [4.69, 9.17) is 0 Å². The van der Waals surface area contributed by atoms with Gasteiger partial charge in [-0.1, -0.05) is 12.1 Å². The Balaban J connectivity index is 1.69. The Morgan fingerprint density at radius 1 is 1.26 bits per heavy atom. The Hall–Kier alpha value is -1.46. The van der Waals surface area contributed by atoms with Gasteiger partial charge in [0.15, 0.2) is 9.84 Å². The smallest absolute Gasteiger partial charge is 0.151 e. The first-order valence-corrected chi connectivity index (χ1v) is 8.21. The van der Waals surface area contributed by atoms with E-state index >= 15 is 0 Å². The van der Waals surface area contributed by atoms with Crippen molar-refractivity contribution in [2.45, 2.75) is 19.0 Å². The van der Waals surface area contributed by atoms with E-state index in [9.17, 15) is 8.42 Å². The molecule has 2 aromatic rings. The molecule has 0 aliphatic carbocycles. The van der Waals surface area contributed by atoms with Crippen LogP contribution in [0.1, 0.15) is 12.0 Å². The third kappa shape index (κ3) is 2.93. The number of aromatic nitrogens is 1. The van der Waals surface area contributed by atoms with E-state index in [1.165, 1.54) is 5.56 Å². The van der Waals surface area contributed by atoms with Gasteiger partial charge in [0, 0.05) is 30.4 Å². The molecule has 1 aliphatic heterocycles. The molecule has 0 spiro atoms. The summed E-state index contributed by atoms with van der Waals surface area (Å²) in [7, 11) is -2.81. The number of nitrogens with zero attached hydrogens (tertiary/aromatic N) is 1. The Morgan fingerprint density at radius 2 is 2.16 bits per heavy atom.